The van der Waals surface area contributed by atoms with E-state index in [0.717, 1.165) is 0 Å². The number of aliphatic hydroxyl groups excluding tert-OH is 1. The molecule has 1 aromatic carbocycles. The van der Waals surface area contributed by atoms with E-state index in [1.165, 1.54) is 6.07 Å². The molecule has 1 aliphatic rings. The first-order valence-corrected chi connectivity index (χ1v) is 5.67. The second kappa shape index (κ2) is 5.08. The Morgan fingerprint density at radius 3 is 2.88 bits per heavy atom. The van der Waals surface area contributed by atoms with Crippen molar-refractivity contribution in [1.82, 2.24) is 0 Å². The Morgan fingerprint density at radius 2 is 2.18 bits per heavy atom. The number of hydrogen-bond acceptors (Lipinski definition) is 4. The van der Waals surface area contributed by atoms with E-state index in [1.807, 2.05) is 0 Å². The van der Waals surface area contributed by atoms with Crippen LogP contribution in [0.3, 0.4) is 0 Å². The molecule has 1 unspecified atom stereocenters. The summed E-state index contributed by atoms with van der Waals surface area (Å²) < 4.78 is 24.6. The summed E-state index contributed by atoms with van der Waals surface area (Å²) in [6, 6.07) is 0.604. The van der Waals surface area contributed by atoms with Crippen molar-refractivity contribution in [2.45, 2.75) is 12.5 Å². The third-order valence-electron chi connectivity index (χ3n) is 2.54. The van der Waals surface area contributed by atoms with Gasteiger partial charge in [0.2, 0.25) is 0 Å². The quantitative estimate of drug-likeness (QED) is 0.849. The van der Waals surface area contributed by atoms with Gasteiger partial charge in [-0.2, -0.15) is 0 Å². The van der Waals surface area contributed by atoms with Crippen molar-refractivity contribution in [3.05, 3.63) is 22.5 Å². The molecule has 4 nitrogen and oxygen atoms in total. The normalized spacial score (nSPS) is 16.5. The molecule has 3 N–H and O–H groups in total. The summed E-state index contributed by atoms with van der Waals surface area (Å²) in [4.78, 5) is 0. The van der Waals surface area contributed by atoms with Crippen LogP contribution < -0.4 is 15.2 Å². The highest BCUT2D eigenvalue weighted by Gasteiger charge is 2.23. The molecular formula is C11H13ClFNO3. The Balaban J connectivity index is 2.51. The lowest BCUT2D eigenvalue weighted by molar-refractivity contribution is 0.264. The van der Waals surface area contributed by atoms with Gasteiger partial charge >= 0.3 is 0 Å². The fraction of sp³-hybridized carbons (Fsp3) is 0.455. The second-order valence-corrected chi connectivity index (χ2v) is 4.14. The molecule has 0 radical (unpaired) electrons. The van der Waals surface area contributed by atoms with E-state index >= 15 is 0 Å². The zero-order chi connectivity index (χ0) is 12.4. The number of benzene rings is 1. The van der Waals surface area contributed by atoms with Gasteiger partial charge in [0.15, 0.2) is 17.3 Å². The van der Waals surface area contributed by atoms with Gasteiger partial charge in [-0.1, -0.05) is 11.6 Å². The largest absolute Gasteiger partial charge is 0.489 e. The smallest absolute Gasteiger partial charge is 0.182 e. The van der Waals surface area contributed by atoms with Crippen molar-refractivity contribution in [3.8, 4) is 11.5 Å². The monoisotopic (exact) mass is 261 g/mol. The minimum Gasteiger partial charge on any atom is -0.489 e. The maximum absolute atomic E-state index is 13.9. The van der Waals surface area contributed by atoms with E-state index in [-0.39, 0.29) is 22.9 Å². The van der Waals surface area contributed by atoms with E-state index in [4.69, 9.17) is 31.9 Å². The third kappa shape index (κ3) is 2.31. The number of halogens is 2. The molecule has 0 amide bonds. The third-order valence-corrected chi connectivity index (χ3v) is 2.88. The zero-order valence-electron chi connectivity index (χ0n) is 9.08. The van der Waals surface area contributed by atoms with Crippen molar-refractivity contribution >= 4 is 11.6 Å². The van der Waals surface area contributed by atoms with Crippen molar-refractivity contribution in [2.75, 3.05) is 19.8 Å². The number of aliphatic hydroxyl groups is 1. The zero-order valence-corrected chi connectivity index (χ0v) is 9.84. The Morgan fingerprint density at radius 1 is 1.47 bits per heavy atom. The highest BCUT2D eigenvalue weighted by atomic mass is 35.5. The van der Waals surface area contributed by atoms with E-state index < -0.39 is 11.9 Å². The van der Waals surface area contributed by atoms with Crippen LogP contribution in [-0.2, 0) is 0 Å². The lowest BCUT2D eigenvalue weighted by Gasteiger charge is -2.15. The predicted molar refractivity (Wildman–Crippen MR) is 61.0 cm³/mol. The Hall–Kier alpha value is -1.04. The van der Waals surface area contributed by atoms with Gasteiger partial charge in [-0.3, -0.25) is 0 Å². The van der Waals surface area contributed by atoms with Crippen molar-refractivity contribution < 1.29 is 19.0 Å². The molecule has 94 valence electrons. The molecule has 0 saturated heterocycles. The highest BCUT2D eigenvalue weighted by molar-refractivity contribution is 6.32. The highest BCUT2D eigenvalue weighted by Crippen LogP contribution is 2.41. The molecule has 1 atom stereocenters. The van der Waals surface area contributed by atoms with Gasteiger partial charge in [0.1, 0.15) is 5.02 Å². The van der Waals surface area contributed by atoms with Crippen LogP contribution in [0.2, 0.25) is 5.02 Å². The number of rotatable bonds is 2. The average Bonchev–Trinajstić information content (AvgIpc) is 2.58. The Kier molecular flexibility index (Phi) is 3.71. The summed E-state index contributed by atoms with van der Waals surface area (Å²) in [6.45, 7) is 0.535. The lowest BCUT2D eigenvalue weighted by atomic mass is 10.1. The summed E-state index contributed by atoms with van der Waals surface area (Å²) in [6.07, 6.45) is 0.702. The summed E-state index contributed by atoms with van der Waals surface area (Å²) >= 11 is 5.87. The molecule has 1 aliphatic heterocycles. The van der Waals surface area contributed by atoms with E-state index in [0.29, 0.717) is 25.4 Å². The average molecular weight is 262 g/mol. The summed E-state index contributed by atoms with van der Waals surface area (Å²) in [7, 11) is 0. The fourth-order valence-electron chi connectivity index (χ4n) is 1.63. The van der Waals surface area contributed by atoms with E-state index in [1.54, 1.807) is 0 Å². The molecule has 1 aromatic rings. The van der Waals surface area contributed by atoms with Gasteiger partial charge in [-0.05, 0) is 6.07 Å². The van der Waals surface area contributed by atoms with Crippen LogP contribution in [0.4, 0.5) is 4.39 Å². The first-order chi connectivity index (χ1) is 8.15. The lowest BCUT2D eigenvalue weighted by Crippen LogP contribution is -2.16. The summed E-state index contributed by atoms with van der Waals surface area (Å²) in [5.41, 5.74) is 5.72. The molecule has 0 aromatic heterocycles. The molecule has 17 heavy (non-hydrogen) atoms. The van der Waals surface area contributed by atoms with Crippen LogP contribution in [-0.4, -0.2) is 24.9 Å². The van der Waals surface area contributed by atoms with E-state index in [9.17, 15) is 4.39 Å². The van der Waals surface area contributed by atoms with Crippen molar-refractivity contribution in [2.24, 2.45) is 5.73 Å². The molecule has 0 bridgehead atoms. The van der Waals surface area contributed by atoms with Gasteiger partial charge in [-0.25, -0.2) is 4.39 Å². The molecule has 2 rings (SSSR count). The van der Waals surface area contributed by atoms with Gasteiger partial charge in [-0.15, -0.1) is 0 Å². The van der Waals surface area contributed by atoms with Crippen molar-refractivity contribution in [1.29, 1.82) is 0 Å². The van der Waals surface area contributed by atoms with Gasteiger partial charge < -0.3 is 20.3 Å². The molecule has 0 spiro atoms. The fourth-order valence-corrected chi connectivity index (χ4v) is 1.89. The molecule has 0 fully saturated rings. The Labute approximate surface area is 103 Å². The predicted octanol–water partition coefficient (Wildman–Crippen LogP) is 1.63. The molecular weight excluding hydrogens is 249 g/mol. The van der Waals surface area contributed by atoms with E-state index in [2.05, 4.69) is 0 Å². The molecule has 6 heteroatoms. The minimum atomic E-state index is -0.829. The first kappa shape index (κ1) is 12.4. The molecule has 1 heterocycles. The van der Waals surface area contributed by atoms with Crippen LogP contribution in [0.15, 0.2) is 6.07 Å². The maximum atomic E-state index is 13.9. The second-order valence-electron chi connectivity index (χ2n) is 3.76. The molecule has 0 saturated carbocycles. The molecule has 0 aliphatic carbocycles. The van der Waals surface area contributed by atoms with Crippen LogP contribution in [0.1, 0.15) is 18.0 Å². The summed E-state index contributed by atoms with van der Waals surface area (Å²) in [5.74, 6) is -0.0965. The van der Waals surface area contributed by atoms with Gasteiger partial charge in [0.25, 0.3) is 0 Å². The van der Waals surface area contributed by atoms with Crippen molar-refractivity contribution in [3.63, 3.8) is 0 Å². The standard InChI is InChI=1S/C11H13ClFNO3/c12-9-10(13)6(7(14)5-15)4-8-11(9)17-3-1-2-16-8/h4,7,15H,1-3,5,14H2. The SMILES string of the molecule is NC(CO)c1cc2c(c(Cl)c1F)OCCCO2. The van der Waals surface area contributed by atoms with Gasteiger partial charge in [0, 0.05) is 12.0 Å². The van der Waals surface area contributed by atoms with Crippen LogP contribution in [0.25, 0.3) is 0 Å². The number of fused-ring (bicyclic) bond motifs is 1. The van der Waals surface area contributed by atoms with Crippen LogP contribution in [0.5, 0.6) is 11.5 Å². The first-order valence-electron chi connectivity index (χ1n) is 5.29. The van der Waals surface area contributed by atoms with Crippen LogP contribution >= 0.6 is 11.6 Å². The number of ether oxygens (including phenoxy) is 2. The topological polar surface area (TPSA) is 64.7 Å². The minimum absolute atomic E-state index is 0.127. The van der Waals surface area contributed by atoms with Crippen LogP contribution in [0, 0.1) is 5.82 Å². The van der Waals surface area contributed by atoms with Gasteiger partial charge in [0.05, 0.1) is 25.9 Å². The number of nitrogens with two attached hydrogens (primary N) is 1. The Bertz CT molecular complexity index is 428. The maximum Gasteiger partial charge on any atom is 0.182 e. The number of hydrogen-bond donors (Lipinski definition) is 2. The summed E-state index contributed by atoms with van der Waals surface area (Å²) in [5, 5.41) is 8.81.